The predicted molar refractivity (Wildman–Crippen MR) is 77.3 cm³/mol. The number of aliphatic carboxylic acids is 1. The summed E-state index contributed by atoms with van der Waals surface area (Å²) in [4.78, 5) is 22.1. The number of aliphatic hydroxyl groups is 1. The molecule has 0 aliphatic carbocycles. The third-order valence-corrected chi connectivity index (χ3v) is 4.23. The number of primary amides is 1. The summed E-state index contributed by atoms with van der Waals surface area (Å²) < 4.78 is 48.9. The highest BCUT2D eigenvalue weighted by atomic mass is 31.1. The van der Waals surface area contributed by atoms with Gasteiger partial charge in [-0.15, -0.1) is 0 Å². The SMILES string of the molecule is NC(=O)CCC(C(=O)O)C(O)(Cc1ccc(C(F)(F)F)cc1)P=O. The summed E-state index contributed by atoms with van der Waals surface area (Å²) >= 11 is 0. The normalized spacial score (nSPS) is 15.7. The summed E-state index contributed by atoms with van der Waals surface area (Å²) in [6.45, 7) is 0. The van der Waals surface area contributed by atoms with Crippen molar-refractivity contribution in [3.05, 3.63) is 35.4 Å². The number of rotatable bonds is 8. The Morgan fingerprint density at radius 3 is 2.12 bits per heavy atom. The van der Waals surface area contributed by atoms with Crippen LogP contribution >= 0.6 is 8.46 Å². The second-order valence-corrected chi connectivity index (χ2v) is 6.19. The molecular formula is C14H15F3NO5P. The van der Waals surface area contributed by atoms with Crippen molar-refractivity contribution >= 4 is 20.3 Å². The largest absolute Gasteiger partial charge is 0.481 e. The van der Waals surface area contributed by atoms with Crippen LogP contribution in [0.2, 0.25) is 0 Å². The van der Waals surface area contributed by atoms with Gasteiger partial charge in [0, 0.05) is 12.8 Å². The summed E-state index contributed by atoms with van der Waals surface area (Å²) in [5, 5.41) is 17.3. The first kappa shape index (κ1) is 20.1. The summed E-state index contributed by atoms with van der Waals surface area (Å²) in [5.74, 6) is -3.86. The molecule has 1 aromatic rings. The monoisotopic (exact) mass is 365 g/mol. The first-order chi connectivity index (χ1) is 11.0. The summed E-state index contributed by atoms with van der Waals surface area (Å²) in [6.07, 6.45) is -5.69. The van der Waals surface area contributed by atoms with Crippen LogP contribution in [0.3, 0.4) is 0 Å². The van der Waals surface area contributed by atoms with Crippen LogP contribution in [-0.4, -0.2) is 27.4 Å². The Morgan fingerprint density at radius 2 is 1.75 bits per heavy atom. The van der Waals surface area contributed by atoms with Crippen molar-refractivity contribution in [1.82, 2.24) is 0 Å². The first-order valence-electron chi connectivity index (χ1n) is 6.73. The number of hydrogen-bond acceptors (Lipinski definition) is 4. The van der Waals surface area contributed by atoms with Crippen LogP contribution in [0.1, 0.15) is 24.0 Å². The fourth-order valence-corrected chi connectivity index (χ4v) is 2.78. The van der Waals surface area contributed by atoms with E-state index in [4.69, 9.17) is 5.73 Å². The lowest BCUT2D eigenvalue weighted by Crippen LogP contribution is -2.40. The topological polar surface area (TPSA) is 118 Å². The average molecular weight is 365 g/mol. The van der Waals surface area contributed by atoms with Gasteiger partial charge in [0.05, 0.1) is 11.5 Å². The Labute approximate surface area is 136 Å². The summed E-state index contributed by atoms with van der Waals surface area (Å²) in [7, 11) is -0.922. The molecule has 0 radical (unpaired) electrons. The molecular weight excluding hydrogens is 350 g/mol. The quantitative estimate of drug-likeness (QED) is 0.611. The molecule has 2 unspecified atom stereocenters. The average Bonchev–Trinajstić information content (AvgIpc) is 2.46. The molecule has 1 aromatic carbocycles. The zero-order chi connectivity index (χ0) is 18.5. The zero-order valence-electron chi connectivity index (χ0n) is 12.3. The maximum atomic E-state index is 12.5. The van der Waals surface area contributed by atoms with E-state index in [0.717, 1.165) is 24.3 Å². The highest BCUT2D eigenvalue weighted by molar-refractivity contribution is 7.25. The fraction of sp³-hybridized carbons (Fsp3) is 0.429. The van der Waals surface area contributed by atoms with Crippen molar-refractivity contribution < 1.29 is 37.5 Å². The first-order valence-corrected chi connectivity index (χ1v) is 7.55. The fourth-order valence-electron chi connectivity index (χ4n) is 2.17. The van der Waals surface area contributed by atoms with E-state index >= 15 is 0 Å². The van der Waals surface area contributed by atoms with Crippen molar-refractivity contribution in [3.63, 3.8) is 0 Å². The number of amides is 1. The molecule has 0 spiro atoms. The highest BCUT2D eigenvalue weighted by Gasteiger charge is 2.43. The van der Waals surface area contributed by atoms with Crippen molar-refractivity contribution in [2.75, 3.05) is 0 Å². The minimum atomic E-state index is -4.53. The van der Waals surface area contributed by atoms with E-state index in [1.54, 1.807) is 0 Å². The van der Waals surface area contributed by atoms with Crippen LogP contribution < -0.4 is 5.73 Å². The third-order valence-electron chi connectivity index (χ3n) is 3.44. The van der Waals surface area contributed by atoms with E-state index in [9.17, 15) is 37.5 Å². The molecule has 4 N–H and O–H groups in total. The molecule has 24 heavy (non-hydrogen) atoms. The number of hydrogen-bond donors (Lipinski definition) is 3. The van der Waals surface area contributed by atoms with Crippen molar-refractivity contribution in [3.8, 4) is 0 Å². The minimum Gasteiger partial charge on any atom is -0.481 e. The van der Waals surface area contributed by atoms with Gasteiger partial charge < -0.3 is 15.9 Å². The van der Waals surface area contributed by atoms with Gasteiger partial charge in [-0.2, -0.15) is 13.2 Å². The molecule has 0 saturated carbocycles. The Hall–Kier alpha value is -1.99. The van der Waals surface area contributed by atoms with Gasteiger partial charge in [-0.05, 0) is 24.1 Å². The van der Waals surface area contributed by atoms with Crippen LogP contribution in [0.4, 0.5) is 13.2 Å². The number of carbonyl (C=O) groups is 2. The highest BCUT2D eigenvalue weighted by Crippen LogP contribution is 2.36. The minimum absolute atomic E-state index is 0.166. The lowest BCUT2D eigenvalue weighted by atomic mass is 9.91. The van der Waals surface area contributed by atoms with Crippen LogP contribution in [0.5, 0.6) is 0 Å². The second-order valence-electron chi connectivity index (χ2n) is 5.24. The van der Waals surface area contributed by atoms with Crippen LogP contribution in [-0.2, 0) is 26.8 Å². The predicted octanol–water partition coefficient (Wildman–Crippen LogP) is 2.19. The van der Waals surface area contributed by atoms with Gasteiger partial charge in [0.1, 0.15) is 0 Å². The molecule has 0 heterocycles. The van der Waals surface area contributed by atoms with Gasteiger partial charge in [0.25, 0.3) is 0 Å². The number of alkyl halides is 3. The lowest BCUT2D eigenvalue weighted by molar-refractivity contribution is -0.147. The van der Waals surface area contributed by atoms with Gasteiger partial charge in [-0.3, -0.25) is 14.2 Å². The second kappa shape index (κ2) is 7.72. The van der Waals surface area contributed by atoms with E-state index in [2.05, 4.69) is 0 Å². The number of benzene rings is 1. The van der Waals surface area contributed by atoms with Crippen LogP contribution in [0, 0.1) is 5.92 Å². The third kappa shape index (κ3) is 5.28. The molecule has 0 aliphatic rings. The molecule has 6 nitrogen and oxygen atoms in total. The smallest absolute Gasteiger partial charge is 0.416 e. The van der Waals surface area contributed by atoms with Crippen molar-refractivity contribution in [1.29, 1.82) is 0 Å². The zero-order valence-corrected chi connectivity index (χ0v) is 13.2. The maximum Gasteiger partial charge on any atom is 0.416 e. The molecule has 0 bridgehead atoms. The van der Waals surface area contributed by atoms with Gasteiger partial charge >= 0.3 is 12.1 Å². The van der Waals surface area contributed by atoms with Gasteiger partial charge in [0.2, 0.25) is 5.91 Å². The van der Waals surface area contributed by atoms with Crippen LogP contribution in [0.15, 0.2) is 24.3 Å². The van der Waals surface area contributed by atoms with Crippen molar-refractivity contribution in [2.45, 2.75) is 30.8 Å². The molecule has 1 rings (SSSR count). The molecule has 132 valence electrons. The maximum absolute atomic E-state index is 12.5. The molecule has 0 aromatic heterocycles. The standard InChI is InChI=1S/C14H15F3NO5P/c15-14(16,17)9-3-1-8(2-4-9)7-13(22,24-23)10(12(20)21)5-6-11(18)19/h1-4,10,22H,5-7H2,(H2,18,19)(H,20,21). The summed E-state index contributed by atoms with van der Waals surface area (Å²) in [5.41, 5.74) is 4.20. The number of carbonyl (C=O) groups excluding carboxylic acids is 1. The number of carboxylic acid groups (broad SMARTS) is 1. The van der Waals surface area contributed by atoms with Crippen molar-refractivity contribution in [2.24, 2.45) is 11.7 Å². The van der Waals surface area contributed by atoms with Crippen LogP contribution in [0.25, 0.3) is 0 Å². The van der Waals surface area contributed by atoms with E-state index in [0.29, 0.717) is 0 Å². The number of carboxylic acids is 1. The van der Waals surface area contributed by atoms with E-state index < -0.39 is 49.8 Å². The number of halogens is 3. The number of nitrogens with two attached hydrogens (primary N) is 1. The molecule has 0 saturated heterocycles. The van der Waals surface area contributed by atoms with Gasteiger partial charge in [-0.1, -0.05) is 12.1 Å². The molecule has 10 heteroatoms. The molecule has 0 fully saturated rings. The van der Waals surface area contributed by atoms with E-state index in [1.165, 1.54) is 0 Å². The van der Waals surface area contributed by atoms with Gasteiger partial charge in [0.15, 0.2) is 13.8 Å². The molecule has 1 amide bonds. The Kier molecular flexibility index (Phi) is 6.45. The molecule has 0 aliphatic heterocycles. The van der Waals surface area contributed by atoms with E-state index in [1.807, 2.05) is 0 Å². The van der Waals surface area contributed by atoms with E-state index in [-0.39, 0.29) is 18.4 Å². The van der Waals surface area contributed by atoms with Gasteiger partial charge in [-0.25, -0.2) is 0 Å². The Bertz CT molecular complexity index is 620. The Balaban J connectivity index is 3.02. The Morgan fingerprint density at radius 1 is 1.21 bits per heavy atom. The molecule has 2 atom stereocenters. The lowest BCUT2D eigenvalue weighted by Gasteiger charge is -2.27. The summed E-state index contributed by atoms with van der Waals surface area (Å²) in [6, 6.07) is 3.67.